The number of nitrogens with one attached hydrogen (secondary N) is 1. The van der Waals surface area contributed by atoms with Gasteiger partial charge in [0.15, 0.2) is 4.90 Å². The molecule has 2 aromatic rings. The highest BCUT2D eigenvalue weighted by atomic mass is 32.2. The maximum absolute atomic E-state index is 12.6. The van der Waals surface area contributed by atoms with E-state index in [1.54, 1.807) is 6.07 Å². The molecule has 0 radical (unpaired) electrons. The van der Waals surface area contributed by atoms with Crippen LogP contribution in [0.4, 0.5) is 11.4 Å². The molecule has 0 bridgehead atoms. The molecule has 0 saturated carbocycles. The number of nitrogens with zero attached hydrogens (tertiary/aromatic N) is 1. The molecular formula is C16H14N2O7S. The molecular weight excluding hydrogens is 364 g/mol. The number of hydrogen-bond donors (Lipinski definition) is 1. The monoisotopic (exact) mass is 378 g/mol. The smallest absolute Gasteiger partial charge is 0.343 e. The zero-order valence-corrected chi connectivity index (χ0v) is 14.4. The molecule has 1 heterocycles. The van der Waals surface area contributed by atoms with E-state index in [0.29, 0.717) is 18.5 Å². The third-order valence-electron chi connectivity index (χ3n) is 3.81. The molecule has 1 amide bonds. The molecule has 0 spiro atoms. The molecule has 2 aromatic carbocycles. The lowest BCUT2D eigenvalue weighted by atomic mass is 10.0. The number of fused-ring (bicyclic) bond motifs is 1. The number of amides is 1. The molecule has 3 rings (SSSR count). The van der Waals surface area contributed by atoms with E-state index in [0.717, 1.165) is 17.7 Å². The summed E-state index contributed by atoms with van der Waals surface area (Å²) in [6, 6.07) is 7.66. The number of nitro benzene ring substituents is 1. The highest BCUT2D eigenvalue weighted by Gasteiger charge is 2.26. The van der Waals surface area contributed by atoms with Crippen LogP contribution >= 0.6 is 0 Å². The molecule has 1 aliphatic heterocycles. The van der Waals surface area contributed by atoms with Gasteiger partial charge in [0.05, 0.1) is 12.0 Å². The van der Waals surface area contributed by atoms with Crippen LogP contribution in [0.2, 0.25) is 0 Å². The van der Waals surface area contributed by atoms with Crippen molar-refractivity contribution in [1.29, 1.82) is 0 Å². The van der Waals surface area contributed by atoms with Crippen molar-refractivity contribution in [1.82, 2.24) is 0 Å². The van der Waals surface area contributed by atoms with E-state index in [9.17, 15) is 23.3 Å². The van der Waals surface area contributed by atoms with E-state index in [2.05, 4.69) is 5.32 Å². The highest BCUT2D eigenvalue weighted by molar-refractivity contribution is 7.87. The minimum atomic E-state index is -4.37. The van der Waals surface area contributed by atoms with Gasteiger partial charge < -0.3 is 14.2 Å². The number of hydrogen-bond acceptors (Lipinski definition) is 7. The molecule has 0 aliphatic carbocycles. The topological polar surface area (TPSA) is 125 Å². The van der Waals surface area contributed by atoms with Crippen LogP contribution in [0.3, 0.4) is 0 Å². The van der Waals surface area contributed by atoms with E-state index in [-0.39, 0.29) is 17.4 Å². The summed E-state index contributed by atoms with van der Waals surface area (Å²) >= 11 is 0. The minimum Gasteiger partial charge on any atom is -0.495 e. The van der Waals surface area contributed by atoms with Crippen molar-refractivity contribution in [2.45, 2.75) is 17.7 Å². The van der Waals surface area contributed by atoms with Gasteiger partial charge >= 0.3 is 10.1 Å². The first-order valence-electron chi connectivity index (χ1n) is 7.50. The fourth-order valence-electron chi connectivity index (χ4n) is 2.56. The Kier molecular flexibility index (Phi) is 4.51. The number of carbonyl (C=O) groups excluding carboxylic acids is 1. The molecule has 9 nitrogen and oxygen atoms in total. The van der Waals surface area contributed by atoms with Gasteiger partial charge in [-0.3, -0.25) is 14.9 Å². The normalized spacial score (nSPS) is 13.5. The first kappa shape index (κ1) is 17.7. The number of methoxy groups -OCH3 is 1. The Morgan fingerprint density at radius 3 is 2.62 bits per heavy atom. The van der Waals surface area contributed by atoms with Crippen molar-refractivity contribution < 1.29 is 27.1 Å². The average Bonchev–Trinajstić information content (AvgIpc) is 2.61. The van der Waals surface area contributed by atoms with Crippen molar-refractivity contribution in [3.05, 3.63) is 52.1 Å². The number of rotatable bonds is 5. The van der Waals surface area contributed by atoms with Crippen LogP contribution in [0.15, 0.2) is 41.3 Å². The van der Waals surface area contributed by atoms with E-state index < -0.39 is 25.6 Å². The van der Waals surface area contributed by atoms with Gasteiger partial charge in [0, 0.05) is 24.2 Å². The molecule has 1 aliphatic rings. The van der Waals surface area contributed by atoms with Crippen LogP contribution < -0.4 is 14.2 Å². The lowest BCUT2D eigenvalue weighted by Crippen LogP contribution is -2.19. The van der Waals surface area contributed by atoms with Gasteiger partial charge in [0.2, 0.25) is 5.91 Å². The predicted molar refractivity (Wildman–Crippen MR) is 90.9 cm³/mol. The van der Waals surface area contributed by atoms with Gasteiger partial charge in [-0.05, 0) is 36.2 Å². The van der Waals surface area contributed by atoms with E-state index >= 15 is 0 Å². The fourth-order valence-corrected chi connectivity index (χ4v) is 3.67. The second kappa shape index (κ2) is 6.64. The summed E-state index contributed by atoms with van der Waals surface area (Å²) in [5.74, 6) is -0.144. The maximum atomic E-state index is 12.6. The quantitative estimate of drug-likeness (QED) is 0.480. The Morgan fingerprint density at radius 1 is 1.15 bits per heavy atom. The maximum Gasteiger partial charge on any atom is 0.343 e. The summed E-state index contributed by atoms with van der Waals surface area (Å²) in [6.45, 7) is 0. The van der Waals surface area contributed by atoms with Crippen molar-refractivity contribution in [3.63, 3.8) is 0 Å². The summed E-state index contributed by atoms with van der Waals surface area (Å²) in [6.07, 6.45) is 0.750. The van der Waals surface area contributed by atoms with Crippen LogP contribution in [-0.4, -0.2) is 26.4 Å². The standard InChI is InChI=1S/C16H14N2O7S/c1-24-14-6-3-11(18(20)21)9-15(14)26(22,23)25-12-4-5-13-10(8-12)2-7-16(19)17-13/h3-6,8-9H,2,7H2,1H3,(H,17,19). The highest BCUT2D eigenvalue weighted by Crippen LogP contribution is 2.32. The number of ether oxygens (including phenoxy) is 1. The molecule has 1 N–H and O–H groups in total. The SMILES string of the molecule is COc1ccc([N+](=O)[O-])cc1S(=O)(=O)Oc1ccc2c(c1)CCC(=O)N2. The van der Waals surface area contributed by atoms with Crippen LogP contribution in [-0.2, 0) is 21.3 Å². The summed E-state index contributed by atoms with van der Waals surface area (Å²) < 4.78 is 35.3. The second-order valence-electron chi connectivity index (χ2n) is 5.50. The van der Waals surface area contributed by atoms with Crippen LogP contribution in [0, 0.1) is 10.1 Å². The Labute approximate surface area is 148 Å². The molecule has 0 fully saturated rings. The van der Waals surface area contributed by atoms with Gasteiger partial charge in [-0.15, -0.1) is 0 Å². The summed E-state index contributed by atoms with van der Waals surface area (Å²) in [7, 11) is -3.11. The number of carbonyl (C=O) groups is 1. The Bertz CT molecular complexity index is 1000. The Morgan fingerprint density at radius 2 is 1.92 bits per heavy atom. The van der Waals surface area contributed by atoms with E-state index in [1.807, 2.05) is 0 Å². The van der Waals surface area contributed by atoms with Crippen molar-refractivity contribution in [2.24, 2.45) is 0 Å². The lowest BCUT2D eigenvalue weighted by molar-refractivity contribution is -0.385. The van der Waals surface area contributed by atoms with Gasteiger partial charge in [-0.2, -0.15) is 8.42 Å². The molecule has 0 saturated heterocycles. The number of benzene rings is 2. The Balaban J connectivity index is 1.96. The predicted octanol–water partition coefficient (Wildman–Crippen LogP) is 2.26. The summed E-state index contributed by atoms with van der Waals surface area (Å²) in [5, 5.41) is 13.6. The van der Waals surface area contributed by atoms with Crippen molar-refractivity contribution >= 4 is 27.4 Å². The molecule has 0 atom stereocenters. The molecule has 26 heavy (non-hydrogen) atoms. The van der Waals surface area contributed by atoms with Gasteiger partial charge in [-0.1, -0.05) is 0 Å². The van der Waals surface area contributed by atoms with E-state index in [4.69, 9.17) is 8.92 Å². The zero-order valence-electron chi connectivity index (χ0n) is 13.6. The largest absolute Gasteiger partial charge is 0.495 e. The average molecular weight is 378 g/mol. The van der Waals surface area contributed by atoms with Gasteiger partial charge in [0.1, 0.15) is 11.5 Å². The van der Waals surface area contributed by atoms with Gasteiger partial charge in [0.25, 0.3) is 5.69 Å². The second-order valence-corrected chi connectivity index (χ2v) is 7.01. The first-order valence-corrected chi connectivity index (χ1v) is 8.90. The van der Waals surface area contributed by atoms with Crippen LogP contribution in [0.1, 0.15) is 12.0 Å². The lowest BCUT2D eigenvalue weighted by Gasteiger charge is -2.17. The van der Waals surface area contributed by atoms with Crippen molar-refractivity contribution in [2.75, 3.05) is 12.4 Å². The number of anilines is 1. The Hall–Kier alpha value is -3.14. The summed E-state index contributed by atoms with van der Waals surface area (Å²) in [4.78, 5) is 21.1. The molecule has 0 unspecified atom stereocenters. The van der Waals surface area contributed by atoms with E-state index in [1.165, 1.54) is 25.3 Å². The molecule has 0 aromatic heterocycles. The third kappa shape index (κ3) is 3.45. The van der Waals surface area contributed by atoms with Gasteiger partial charge in [-0.25, -0.2) is 0 Å². The molecule has 136 valence electrons. The minimum absolute atomic E-state index is 0.0356. The first-order chi connectivity index (χ1) is 12.3. The number of nitro groups is 1. The zero-order chi connectivity index (χ0) is 18.9. The number of non-ortho nitro benzene ring substituents is 1. The fraction of sp³-hybridized carbons (Fsp3) is 0.188. The number of aryl methyl sites for hydroxylation is 1. The van der Waals surface area contributed by atoms with Crippen molar-refractivity contribution in [3.8, 4) is 11.5 Å². The van der Waals surface area contributed by atoms with Crippen LogP contribution in [0.5, 0.6) is 11.5 Å². The summed E-state index contributed by atoms with van der Waals surface area (Å²) in [5.41, 5.74) is 0.934. The molecule has 10 heteroatoms. The van der Waals surface area contributed by atoms with Crippen LogP contribution in [0.25, 0.3) is 0 Å². The third-order valence-corrected chi connectivity index (χ3v) is 5.08.